The van der Waals surface area contributed by atoms with Crippen LogP contribution in [-0.4, -0.2) is 92.1 Å². The van der Waals surface area contributed by atoms with Gasteiger partial charge in [-0.15, -0.1) is 0 Å². The molecule has 12 heteroatoms. The van der Waals surface area contributed by atoms with Crippen LogP contribution in [0.3, 0.4) is 0 Å². The van der Waals surface area contributed by atoms with Crippen molar-refractivity contribution in [1.82, 2.24) is 21.3 Å². The average Bonchev–Trinajstić information content (AvgIpc) is 3.24. The van der Waals surface area contributed by atoms with E-state index in [0.717, 1.165) is 95.3 Å². The first kappa shape index (κ1) is 47.6. The summed E-state index contributed by atoms with van der Waals surface area (Å²) in [6.45, 7) is 23.3. The van der Waals surface area contributed by atoms with Gasteiger partial charge in [0.2, 0.25) is 0 Å². The predicted octanol–water partition coefficient (Wildman–Crippen LogP) is 7.33. The number of nitrogens with one attached hydrogen (secondary N) is 4. The molecule has 6 rings (SSSR count). The van der Waals surface area contributed by atoms with Crippen molar-refractivity contribution in [1.29, 1.82) is 0 Å². The van der Waals surface area contributed by atoms with E-state index in [2.05, 4.69) is 21.3 Å². The van der Waals surface area contributed by atoms with E-state index in [1.807, 2.05) is 92.6 Å². The monoisotopic (exact) mass is 859 g/mol. The Hall–Kier alpha value is -3.84. The summed E-state index contributed by atoms with van der Waals surface area (Å²) in [4.78, 5) is 56.6. The number of carbonyl (C=O) groups is 4. The average molecular weight is 859 g/mol. The first-order valence-corrected chi connectivity index (χ1v) is 23.3. The zero-order valence-electron chi connectivity index (χ0n) is 38.9. The maximum absolute atomic E-state index is 14.4. The van der Waals surface area contributed by atoms with Crippen LogP contribution in [0, 0.1) is 30.6 Å². The molecule has 0 bridgehead atoms. The Morgan fingerprint density at radius 1 is 0.532 bits per heavy atom. The second-order valence-electron chi connectivity index (χ2n) is 20.5. The lowest BCUT2D eigenvalue weighted by Crippen LogP contribution is -2.46. The number of hydrogen-bond acceptors (Lipinski definition) is 12. The van der Waals surface area contributed by atoms with E-state index < -0.39 is 52.2 Å². The number of rotatable bonds is 14. The van der Waals surface area contributed by atoms with Gasteiger partial charge in [-0.3, -0.25) is 9.59 Å². The summed E-state index contributed by atoms with van der Waals surface area (Å²) < 4.78 is 25.1. The quantitative estimate of drug-likeness (QED) is 0.0855. The second kappa shape index (κ2) is 19.9. The topological polar surface area (TPSA) is 153 Å². The van der Waals surface area contributed by atoms with Gasteiger partial charge in [-0.05, 0) is 183 Å². The molecular weight excluding hydrogens is 785 g/mol. The van der Waals surface area contributed by atoms with Gasteiger partial charge < -0.3 is 40.2 Å². The lowest BCUT2D eigenvalue weighted by Gasteiger charge is -2.40. The molecule has 2 unspecified atom stereocenters. The molecular formula is C50H74N4O8. The maximum Gasteiger partial charge on any atom is 0.339 e. The van der Waals surface area contributed by atoms with Crippen LogP contribution in [0.25, 0.3) is 0 Å². The Bertz CT molecular complexity index is 1850. The van der Waals surface area contributed by atoms with Crippen LogP contribution in [-0.2, 0) is 28.5 Å². The highest BCUT2D eigenvalue weighted by molar-refractivity contribution is 6.03. The van der Waals surface area contributed by atoms with Crippen molar-refractivity contribution >= 4 is 23.9 Å². The predicted molar refractivity (Wildman–Crippen MR) is 240 cm³/mol. The van der Waals surface area contributed by atoms with Crippen LogP contribution >= 0.6 is 0 Å². The molecule has 4 N–H and O–H groups in total. The molecule has 12 nitrogen and oxygen atoms in total. The van der Waals surface area contributed by atoms with Gasteiger partial charge in [-0.2, -0.15) is 0 Å². The molecule has 4 heterocycles. The molecule has 4 saturated heterocycles. The van der Waals surface area contributed by atoms with Crippen molar-refractivity contribution in [2.75, 3.05) is 45.8 Å². The van der Waals surface area contributed by atoms with Crippen molar-refractivity contribution < 1.29 is 38.1 Å². The van der Waals surface area contributed by atoms with E-state index in [1.54, 1.807) is 12.1 Å². The number of piperidine rings is 4. The Morgan fingerprint density at radius 2 is 0.968 bits per heavy atom. The van der Waals surface area contributed by atoms with Gasteiger partial charge in [0.05, 0.1) is 11.1 Å². The molecule has 62 heavy (non-hydrogen) atoms. The maximum atomic E-state index is 14.4. The minimum absolute atomic E-state index is 0.0525. The third-order valence-electron chi connectivity index (χ3n) is 14.5. The SMILES string of the molecule is Cc1ccc(C(=O)OC(C)(C)C2CCNC(c3cccc(C(C(=O)OC(C)(C)C4CCNCC4)C(=O)OC(C)(C)C4CCNCC4)c3)C2)c(C(=O)OC(C)(C)C2CCNCC2)c1. The number of aryl methyl sites for hydroxylation is 1. The standard InChI is InChI=1S/C50H74N4O8/c1-32-13-14-39(40(29-32)44(56)60-47(2,3)35-15-22-51-23-16-35)43(55)59-50(8,9)38-21-28-54-41(31-38)33-11-10-12-34(30-33)42(45(57)61-48(4,5)36-17-24-52-25-18-36)46(58)62-49(6,7)37-19-26-53-27-20-37/h10-14,29-30,35-38,41-42,51-54H,15-28,31H2,1-9H3. The Kier molecular flexibility index (Phi) is 15.3. The molecule has 0 spiro atoms. The zero-order chi connectivity index (χ0) is 44.9. The van der Waals surface area contributed by atoms with Crippen LogP contribution < -0.4 is 21.3 Å². The molecule has 0 aromatic heterocycles. The van der Waals surface area contributed by atoms with E-state index in [4.69, 9.17) is 18.9 Å². The largest absolute Gasteiger partial charge is 0.458 e. The molecule has 0 amide bonds. The van der Waals surface area contributed by atoms with Crippen LogP contribution in [0.2, 0.25) is 0 Å². The van der Waals surface area contributed by atoms with E-state index in [1.165, 1.54) is 0 Å². The van der Waals surface area contributed by atoms with E-state index >= 15 is 0 Å². The van der Waals surface area contributed by atoms with Crippen LogP contribution in [0.4, 0.5) is 0 Å². The van der Waals surface area contributed by atoms with Crippen molar-refractivity contribution in [2.24, 2.45) is 23.7 Å². The van der Waals surface area contributed by atoms with Gasteiger partial charge in [0, 0.05) is 29.7 Å². The highest BCUT2D eigenvalue weighted by Crippen LogP contribution is 2.39. The summed E-state index contributed by atoms with van der Waals surface area (Å²) in [6, 6.07) is 12.7. The number of hydrogen-bond donors (Lipinski definition) is 4. The van der Waals surface area contributed by atoms with Gasteiger partial charge in [-0.1, -0.05) is 35.9 Å². The molecule has 0 radical (unpaired) electrons. The zero-order valence-corrected chi connectivity index (χ0v) is 38.9. The fourth-order valence-electron chi connectivity index (χ4n) is 10.2. The molecule has 2 aromatic carbocycles. The van der Waals surface area contributed by atoms with Crippen LogP contribution in [0.15, 0.2) is 42.5 Å². The summed E-state index contributed by atoms with van der Waals surface area (Å²) >= 11 is 0. The Morgan fingerprint density at radius 3 is 1.47 bits per heavy atom. The molecule has 342 valence electrons. The Labute approximate surface area is 370 Å². The van der Waals surface area contributed by atoms with Gasteiger partial charge in [0.25, 0.3) is 0 Å². The lowest BCUT2D eigenvalue weighted by atomic mass is 9.78. The first-order chi connectivity index (χ1) is 29.3. The Balaban J connectivity index is 1.19. The summed E-state index contributed by atoms with van der Waals surface area (Å²) in [5.74, 6) is -3.10. The lowest BCUT2D eigenvalue weighted by molar-refractivity contribution is -0.177. The molecule has 0 aliphatic carbocycles. The summed E-state index contributed by atoms with van der Waals surface area (Å²) in [6.07, 6.45) is 6.71. The van der Waals surface area contributed by atoms with Crippen molar-refractivity contribution in [3.05, 3.63) is 70.3 Å². The molecule has 2 atom stereocenters. The van der Waals surface area contributed by atoms with Gasteiger partial charge in [-0.25, -0.2) is 9.59 Å². The summed E-state index contributed by atoms with van der Waals surface area (Å²) in [5.41, 5.74) is -0.470. The minimum atomic E-state index is -1.27. The normalized spacial score (nSPS) is 21.6. The highest BCUT2D eigenvalue weighted by atomic mass is 16.6. The molecule has 4 aliphatic heterocycles. The van der Waals surface area contributed by atoms with Crippen molar-refractivity contribution in [3.8, 4) is 0 Å². The second-order valence-corrected chi connectivity index (χ2v) is 20.5. The molecule has 2 aromatic rings. The molecule has 0 saturated carbocycles. The van der Waals surface area contributed by atoms with E-state index in [0.29, 0.717) is 18.5 Å². The number of benzene rings is 2. The third kappa shape index (κ3) is 11.6. The summed E-state index contributed by atoms with van der Waals surface area (Å²) in [5, 5.41) is 13.8. The summed E-state index contributed by atoms with van der Waals surface area (Å²) in [7, 11) is 0. The van der Waals surface area contributed by atoms with Gasteiger partial charge in [0.15, 0.2) is 5.92 Å². The number of esters is 4. The highest BCUT2D eigenvalue weighted by Gasteiger charge is 2.44. The first-order valence-electron chi connectivity index (χ1n) is 23.3. The van der Waals surface area contributed by atoms with Crippen LogP contribution in [0.5, 0.6) is 0 Å². The number of ether oxygens (including phenoxy) is 4. The van der Waals surface area contributed by atoms with Gasteiger partial charge in [0.1, 0.15) is 22.4 Å². The smallest absolute Gasteiger partial charge is 0.339 e. The third-order valence-corrected chi connectivity index (χ3v) is 14.5. The fraction of sp³-hybridized carbons (Fsp3) is 0.680. The minimum Gasteiger partial charge on any atom is -0.458 e. The van der Waals surface area contributed by atoms with E-state index in [-0.39, 0.29) is 40.8 Å². The fourth-order valence-corrected chi connectivity index (χ4v) is 10.2. The van der Waals surface area contributed by atoms with Crippen LogP contribution in [0.1, 0.15) is 156 Å². The molecule has 4 fully saturated rings. The van der Waals surface area contributed by atoms with E-state index in [9.17, 15) is 19.2 Å². The van der Waals surface area contributed by atoms with Crippen molar-refractivity contribution in [3.63, 3.8) is 0 Å². The van der Waals surface area contributed by atoms with Crippen molar-refractivity contribution in [2.45, 2.75) is 148 Å². The molecule has 4 aliphatic rings. The number of carbonyl (C=O) groups excluding carboxylic acids is 4. The van der Waals surface area contributed by atoms with Gasteiger partial charge >= 0.3 is 23.9 Å².